The van der Waals surface area contributed by atoms with Gasteiger partial charge in [0.2, 0.25) is 11.8 Å². The van der Waals surface area contributed by atoms with Crippen LogP contribution in [0.25, 0.3) is 0 Å². The van der Waals surface area contributed by atoms with Crippen LogP contribution in [-0.2, 0) is 14.3 Å². The van der Waals surface area contributed by atoms with Crippen LogP contribution in [0.15, 0.2) is 0 Å². The molecule has 0 aromatic carbocycles. The van der Waals surface area contributed by atoms with Crippen LogP contribution in [0, 0.1) is 0 Å². The molecule has 2 atom stereocenters. The molecule has 2 amide bonds. The van der Waals surface area contributed by atoms with Crippen molar-refractivity contribution < 1.29 is 19.4 Å². The van der Waals surface area contributed by atoms with Crippen LogP contribution in [0.4, 0.5) is 0 Å². The van der Waals surface area contributed by atoms with Crippen molar-refractivity contribution in [2.24, 2.45) is 11.5 Å². The Morgan fingerprint density at radius 2 is 1.54 bits per heavy atom. The Hall–Kier alpha value is -1.14. The number of ether oxygens (including phenoxy) is 1. The fourth-order valence-electron chi connectivity index (χ4n) is 1.27. The van der Waals surface area contributed by atoms with Crippen molar-refractivity contribution in [1.29, 1.82) is 0 Å². The normalized spacial score (nSPS) is 34.1. The Morgan fingerprint density at radius 1 is 1.15 bits per heavy atom. The number of aliphatic hydroxyl groups excluding tert-OH is 1. The predicted molar refractivity (Wildman–Crippen MR) is 42.3 cm³/mol. The van der Waals surface area contributed by atoms with Crippen molar-refractivity contribution in [2.75, 3.05) is 0 Å². The highest BCUT2D eigenvalue weighted by Gasteiger charge is 2.34. The number of hydrogen-bond acceptors (Lipinski definition) is 4. The third kappa shape index (κ3) is 2.40. The van der Waals surface area contributed by atoms with Gasteiger partial charge < -0.3 is 21.3 Å². The molecule has 0 bridgehead atoms. The van der Waals surface area contributed by atoms with Crippen molar-refractivity contribution in [3.05, 3.63) is 0 Å². The van der Waals surface area contributed by atoms with Gasteiger partial charge in [-0.2, -0.15) is 0 Å². The summed E-state index contributed by atoms with van der Waals surface area (Å²) in [5, 5.41) is 9.25. The minimum absolute atomic E-state index is 0.124. The van der Waals surface area contributed by atoms with E-state index < -0.39 is 30.1 Å². The number of carbonyl (C=O) groups excluding carboxylic acids is 2. The monoisotopic (exact) mass is 188 g/mol. The molecule has 0 radical (unpaired) electrons. The van der Waals surface area contributed by atoms with Gasteiger partial charge in [0, 0.05) is 12.8 Å². The van der Waals surface area contributed by atoms with Crippen LogP contribution < -0.4 is 11.5 Å². The number of nitrogens with two attached hydrogens (primary N) is 2. The van der Waals surface area contributed by atoms with Crippen molar-refractivity contribution >= 4 is 11.8 Å². The summed E-state index contributed by atoms with van der Waals surface area (Å²) in [4.78, 5) is 21.4. The topological polar surface area (TPSA) is 116 Å². The van der Waals surface area contributed by atoms with Crippen LogP contribution in [0.2, 0.25) is 0 Å². The van der Waals surface area contributed by atoms with Gasteiger partial charge in [-0.1, -0.05) is 0 Å². The van der Waals surface area contributed by atoms with Crippen LogP contribution in [0.1, 0.15) is 12.8 Å². The number of carbonyl (C=O) groups is 2. The lowest BCUT2D eigenvalue weighted by atomic mass is 10.0. The van der Waals surface area contributed by atoms with Gasteiger partial charge in [0.15, 0.2) is 0 Å². The van der Waals surface area contributed by atoms with E-state index in [1.54, 1.807) is 0 Å². The fourth-order valence-corrected chi connectivity index (χ4v) is 1.27. The first-order valence-corrected chi connectivity index (χ1v) is 3.93. The highest BCUT2D eigenvalue weighted by Crippen LogP contribution is 2.19. The molecule has 0 saturated carbocycles. The third-order valence-corrected chi connectivity index (χ3v) is 1.94. The zero-order chi connectivity index (χ0) is 10.0. The zero-order valence-corrected chi connectivity index (χ0v) is 6.97. The molecule has 6 heteroatoms. The summed E-state index contributed by atoms with van der Waals surface area (Å²) in [6.07, 6.45) is -2.34. The molecular weight excluding hydrogens is 176 g/mol. The van der Waals surface area contributed by atoms with E-state index >= 15 is 0 Å². The summed E-state index contributed by atoms with van der Waals surface area (Å²) in [5.74, 6) is -1.38. The number of amides is 2. The summed E-state index contributed by atoms with van der Waals surface area (Å²) < 4.78 is 4.97. The highest BCUT2D eigenvalue weighted by molar-refractivity contribution is 5.82. The molecule has 0 aromatic rings. The molecule has 74 valence electrons. The zero-order valence-electron chi connectivity index (χ0n) is 6.97. The van der Waals surface area contributed by atoms with Crippen LogP contribution >= 0.6 is 0 Å². The Labute approximate surface area is 74.8 Å². The summed E-state index contributed by atoms with van der Waals surface area (Å²) in [6, 6.07) is 0. The van der Waals surface area contributed by atoms with E-state index in [0.717, 1.165) is 0 Å². The van der Waals surface area contributed by atoms with Gasteiger partial charge in [0.05, 0.1) is 6.10 Å². The van der Waals surface area contributed by atoms with E-state index in [1.165, 1.54) is 0 Å². The molecule has 1 rings (SSSR count). The molecule has 13 heavy (non-hydrogen) atoms. The SMILES string of the molecule is NC(=O)[C@H]1CC(O)C[C@H](C(N)=O)O1. The molecule has 0 aromatic heterocycles. The van der Waals surface area contributed by atoms with Crippen LogP contribution in [0.3, 0.4) is 0 Å². The third-order valence-electron chi connectivity index (χ3n) is 1.94. The van der Waals surface area contributed by atoms with E-state index in [1.807, 2.05) is 0 Å². The largest absolute Gasteiger partial charge is 0.393 e. The molecule has 1 aliphatic heterocycles. The number of primary amides is 2. The quantitative estimate of drug-likeness (QED) is 0.458. The van der Waals surface area contributed by atoms with E-state index in [0.29, 0.717) is 0 Å². The lowest BCUT2D eigenvalue weighted by molar-refractivity contribution is -0.156. The van der Waals surface area contributed by atoms with Gasteiger partial charge in [-0.3, -0.25) is 9.59 Å². The van der Waals surface area contributed by atoms with Crippen molar-refractivity contribution in [2.45, 2.75) is 31.2 Å². The summed E-state index contributed by atoms with van der Waals surface area (Å²) >= 11 is 0. The molecular formula is C7H12N2O4. The molecule has 1 fully saturated rings. The molecule has 5 N–H and O–H groups in total. The molecule has 6 nitrogen and oxygen atoms in total. The predicted octanol–water partition coefficient (Wildman–Crippen LogP) is -2.13. The minimum Gasteiger partial charge on any atom is -0.393 e. The van der Waals surface area contributed by atoms with E-state index in [-0.39, 0.29) is 12.8 Å². The van der Waals surface area contributed by atoms with Crippen molar-refractivity contribution in [1.82, 2.24) is 0 Å². The Balaban J connectivity index is 2.62. The van der Waals surface area contributed by atoms with Gasteiger partial charge >= 0.3 is 0 Å². The minimum atomic E-state index is -0.916. The number of aliphatic hydroxyl groups is 1. The lowest BCUT2D eigenvalue weighted by Crippen LogP contribution is -2.47. The lowest BCUT2D eigenvalue weighted by Gasteiger charge is -2.29. The second kappa shape index (κ2) is 3.71. The summed E-state index contributed by atoms with van der Waals surface area (Å²) in [6.45, 7) is 0. The van der Waals surface area contributed by atoms with Gasteiger partial charge in [0.1, 0.15) is 12.2 Å². The van der Waals surface area contributed by atoms with Crippen LogP contribution in [-0.4, -0.2) is 35.2 Å². The van der Waals surface area contributed by atoms with Crippen molar-refractivity contribution in [3.63, 3.8) is 0 Å². The Kier molecular flexibility index (Phi) is 2.84. The van der Waals surface area contributed by atoms with Gasteiger partial charge in [-0.05, 0) is 0 Å². The Bertz CT molecular complexity index is 209. The first kappa shape index (κ1) is 9.94. The van der Waals surface area contributed by atoms with E-state index in [2.05, 4.69) is 0 Å². The summed E-state index contributed by atoms with van der Waals surface area (Å²) in [7, 11) is 0. The average molecular weight is 188 g/mol. The molecule has 0 unspecified atom stereocenters. The van der Waals surface area contributed by atoms with Crippen molar-refractivity contribution in [3.8, 4) is 0 Å². The standard InChI is InChI=1S/C7H12N2O4/c8-6(11)4-1-3(10)2-5(13-4)7(9)12/h3-5,10H,1-2H2,(H2,8,11)(H2,9,12)/t4-,5-/m1/s1. The van der Waals surface area contributed by atoms with Gasteiger partial charge in [-0.15, -0.1) is 0 Å². The maximum Gasteiger partial charge on any atom is 0.246 e. The second-order valence-corrected chi connectivity index (χ2v) is 3.04. The van der Waals surface area contributed by atoms with Gasteiger partial charge in [0.25, 0.3) is 0 Å². The Morgan fingerprint density at radius 3 is 1.85 bits per heavy atom. The number of hydrogen-bond donors (Lipinski definition) is 3. The maximum atomic E-state index is 10.7. The van der Waals surface area contributed by atoms with E-state index in [9.17, 15) is 14.7 Å². The maximum absolute atomic E-state index is 10.7. The highest BCUT2D eigenvalue weighted by atomic mass is 16.5. The first-order valence-electron chi connectivity index (χ1n) is 3.93. The molecule has 0 spiro atoms. The second-order valence-electron chi connectivity index (χ2n) is 3.04. The van der Waals surface area contributed by atoms with Gasteiger partial charge in [-0.25, -0.2) is 0 Å². The number of rotatable bonds is 2. The first-order chi connectivity index (χ1) is 6.00. The average Bonchev–Trinajstić information content (AvgIpc) is 2.03. The molecule has 1 aliphatic rings. The molecule has 1 heterocycles. The fraction of sp³-hybridized carbons (Fsp3) is 0.714. The smallest absolute Gasteiger partial charge is 0.246 e. The van der Waals surface area contributed by atoms with E-state index in [4.69, 9.17) is 16.2 Å². The summed E-state index contributed by atoms with van der Waals surface area (Å²) in [5.41, 5.74) is 9.93. The molecule has 1 saturated heterocycles. The van der Waals surface area contributed by atoms with Crippen LogP contribution in [0.5, 0.6) is 0 Å². The molecule has 0 aliphatic carbocycles.